The van der Waals surface area contributed by atoms with Crippen LogP contribution in [0.5, 0.6) is 0 Å². The van der Waals surface area contributed by atoms with Crippen molar-refractivity contribution in [1.82, 2.24) is 19.5 Å². The number of aromatic nitrogens is 4. The number of hydrogen-bond donors (Lipinski definition) is 3. The molecule has 0 saturated carbocycles. The van der Waals surface area contributed by atoms with Crippen LogP contribution in [0.2, 0.25) is 0 Å². The fraction of sp³-hybridized carbons (Fsp3) is 0.0312. The molecule has 0 aliphatic heterocycles. The summed E-state index contributed by atoms with van der Waals surface area (Å²) in [6.07, 6.45) is 1.73. The minimum Gasteiger partial charge on any atom is -0.379 e. The molecule has 4 aromatic carbocycles. The van der Waals surface area contributed by atoms with Gasteiger partial charge in [0.1, 0.15) is 11.6 Å². The third-order valence-corrected chi connectivity index (χ3v) is 7.11. The molecule has 0 unspecified atom stereocenters. The predicted octanol–water partition coefficient (Wildman–Crippen LogP) is 6.57. The van der Waals surface area contributed by atoms with E-state index in [0.29, 0.717) is 34.7 Å². The van der Waals surface area contributed by atoms with Gasteiger partial charge in [-0.15, -0.1) is 0 Å². The Labute approximate surface area is 228 Å². The molecule has 0 atom stereocenters. The standard InChI is InChI=1S/C32H23FN6O/c33-19-11-14-25-27(16-19)38-32(37-25)24-8-5-10-29-30(24)23-7-1-2-9-28(23)39(29)21-12-13-22(31(34)40)26(17-21)36-18-20-6-3-4-15-35-20/h1-17,36H,18H2,(H2,34,40)(H,37,38). The maximum atomic E-state index is 13.9. The van der Waals surface area contributed by atoms with Crippen LogP contribution in [0.15, 0.2) is 103 Å². The van der Waals surface area contributed by atoms with Gasteiger partial charge in [0.25, 0.3) is 5.91 Å². The summed E-state index contributed by atoms with van der Waals surface area (Å²) in [4.78, 5) is 24.7. The number of aromatic amines is 1. The molecule has 194 valence electrons. The van der Waals surface area contributed by atoms with E-state index in [0.717, 1.165) is 38.8 Å². The molecule has 7 nitrogen and oxygen atoms in total. The molecule has 0 saturated heterocycles. The van der Waals surface area contributed by atoms with Crippen LogP contribution in [0.25, 0.3) is 49.9 Å². The number of primary amides is 1. The lowest BCUT2D eigenvalue weighted by atomic mass is 10.1. The molecule has 8 heteroatoms. The fourth-order valence-corrected chi connectivity index (χ4v) is 5.33. The van der Waals surface area contributed by atoms with Crippen molar-refractivity contribution in [3.8, 4) is 17.1 Å². The van der Waals surface area contributed by atoms with Crippen LogP contribution in [0.3, 0.4) is 0 Å². The van der Waals surface area contributed by atoms with Crippen molar-refractivity contribution >= 4 is 44.4 Å². The van der Waals surface area contributed by atoms with Crippen LogP contribution >= 0.6 is 0 Å². The quantitative estimate of drug-likeness (QED) is 0.228. The number of para-hydroxylation sites is 1. The number of amides is 1. The van der Waals surface area contributed by atoms with E-state index in [1.54, 1.807) is 18.3 Å². The van der Waals surface area contributed by atoms with Crippen LogP contribution in [-0.2, 0) is 6.54 Å². The van der Waals surface area contributed by atoms with Crippen molar-refractivity contribution in [3.63, 3.8) is 0 Å². The smallest absolute Gasteiger partial charge is 0.250 e. The normalized spacial score (nSPS) is 11.4. The second-order valence-electron chi connectivity index (χ2n) is 9.57. The highest BCUT2D eigenvalue weighted by atomic mass is 19.1. The number of hydrogen-bond acceptors (Lipinski definition) is 4. The molecule has 40 heavy (non-hydrogen) atoms. The maximum absolute atomic E-state index is 13.9. The molecule has 0 aliphatic carbocycles. The first-order chi connectivity index (χ1) is 19.6. The number of halogens is 1. The SMILES string of the molecule is NC(=O)c1ccc(-n2c3ccccc3c3c(-c4nc5ccc(F)cc5[nH]4)cccc32)cc1NCc1ccccn1. The van der Waals surface area contributed by atoms with Gasteiger partial charge in [-0.2, -0.15) is 0 Å². The van der Waals surface area contributed by atoms with E-state index >= 15 is 0 Å². The second-order valence-corrected chi connectivity index (χ2v) is 9.57. The Hall–Kier alpha value is -5.50. The molecule has 7 rings (SSSR count). The van der Waals surface area contributed by atoms with Gasteiger partial charge in [0.05, 0.1) is 39.9 Å². The van der Waals surface area contributed by atoms with Crippen LogP contribution in [0.4, 0.5) is 10.1 Å². The van der Waals surface area contributed by atoms with E-state index in [1.807, 2.05) is 54.6 Å². The summed E-state index contributed by atoms with van der Waals surface area (Å²) in [5.74, 6) is -0.166. The zero-order valence-corrected chi connectivity index (χ0v) is 21.2. The van der Waals surface area contributed by atoms with E-state index in [-0.39, 0.29) is 5.82 Å². The lowest BCUT2D eigenvalue weighted by Gasteiger charge is -2.14. The number of nitrogens with two attached hydrogens (primary N) is 1. The number of H-pyrrole nitrogens is 1. The summed E-state index contributed by atoms with van der Waals surface area (Å²) < 4.78 is 16.0. The molecule has 0 spiro atoms. The van der Waals surface area contributed by atoms with E-state index in [2.05, 4.69) is 38.1 Å². The predicted molar refractivity (Wildman–Crippen MR) is 156 cm³/mol. The number of fused-ring (bicyclic) bond motifs is 4. The van der Waals surface area contributed by atoms with Crippen molar-refractivity contribution < 1.29 is 9.18 Å². The van der Waals surface area contributed by atoms with Gasteiger partial charge < -0.3 is 20.6 Å². The summed E-state index contributed by atoms with van der Waals surface area (Å²) >= 11 is 0. The van der Waals surface area contributed by atoms with Gasteiger partial charge in [0, 0.05) is 33.9 Å². The maximum Gasteiger partial charge on any atom is 0.250 e. The number of nitrogens with zero attached hydrogens (tertiary/aromatic N) is 3. The first-order valence-corrected chi connectivity index (χ1v) is 12.8. The fourth-order valence-electron chi connectivity index (χ4n) is 5.33. The number of carbonyl (C=O) groups is 1. The zero-order valence-electron chi connectivity index (χ0n) is 21.2. The number of carbonyl (C=O) groups excluding carboxylic acids is 1. The zero-order chi connectivity index (χ0) is 27.2. The highest BCUT2D eigenvalue weighted by molar-refractivity contribution is 6.15. The van der Waals surface area contributed by atoms with Crippen LogP contribution in [-0.4, -0.2) is 25.4 Å². The molecule has 4 N–H and O–H groups in total. The van der Waals surface area contributed by atoms with E-state index in [9.17, 15) is 9.18 Å². The molecule has 7 aromatic rings. The first kappa shape index (κ1) is 23.6. The van der Waals surface area contributed by atoms with Gasteiger partial charge in [0.15, 0.2) is 0 Å². The van der Waals surface area contributed by atoms with Crippen molar-refractivity contribution in [2.24, 2.45) is 5.73 Å². The van der Waals surface area contributed by atoms with Gasteiger partial charge in [0.2, 0.25) is 0 Å². The molecule has 0 aliphatic rings. The minimum atomic E-state index is -0.513. The van der Waals surface area contributed by atoms with E-state index < -0.39 is 5.91 Å². The summed E-state index contributed by atoms with van der Waals surface area (Å²) in [7, 11) is 0. The topological polar surface area (TPSA) is 102 Å². The Morgan fingerprint density at radius 1 is 0.925 bits per heavy atom. The van der Waals surface area contributed by atoms with Crippen LogP contribution in [0.1, 0.15) is 16.1 Å². The van der Waals surface area contributed by atoms with Gasteiger partial charge in [-0.3, -0.25) is 9.78 Å². The summed E-state index contributed by atoms with van der Waals surface area (Å²) in [5, 5.41) is 5.40. The summed E-state index contributed by atoms with van der Waals surface area (Å²) in [6, 6.07) is 30.0. The lowest BCUT2D eigenvalue weighted by Crippen LogP contribution is -2.15. The van der Waals surface area contributed by atoms with Gasteiger partial charge in [-0.1, -0.05) is 36.4 Å². The number of imidazole rings is 1. The molecule has 3 heterocycles. The number of nitrogens with one attached hydrogen (secondary N) is 2. The number of benzene rings is 4. The molecule has 0 bridgehead atoms. The summed E-state index contributed by atoms with van der Waals surface area (Å²) in [6.45, 7) is 0.439. The Balaban J connectivity index is 1.42. The first-order valence-electron chi connectivity index (χ1n) is 12.8. The third-order valence-electron chi connectivity index (χ3n) is 7.11. The number of anilines is 1. The van der Waals surface area contributed by atoms with Crippen molar-refractivity contribution in [2.45, 2.75) is 6.54 Å². The largest absolute Gasteiger partial charge is 0.379 e. The third kappa shape index (κ3) is 3.94. The van der Waals surface area contributed by atoms with Gasteiger partial charge >= 0.3 is 0 Å². The molecule has 0 radical (unpaired) electrons. The van der Waals surface area contributed by atoms with Crippen molar-refractivity contribution in [1.29, 1.82) is 0 Å². The van der Waals surface area contributed by atoms with Gasteiger partial charge in [-0.25, -0.2) is 9.37 Å². The number of pyridine rings is 1. The Kier molecular flexibility index (Phi) is 5.52. The second kappa shape index (κ2) is 9.36. The summed E-state index contributed by atoms with van der Waals surface area (Å²) in [5.41, 5.74) is 12.7. The minimum absolute atomic E-state index is 0.315. The highest BCUT2D eigenvalue weighted by Gasteiger charge is 2.19. The van der Waals surface area contributed by atoms with Crippen molar-refractivity contribution in [2.75, 3.05) is 5.32 Å². The van der Waals surface area contributed by atoms with E-state index in [1.165, 1.54) is 12.1 Å². The average Bonchev–Trinajstić information content (AvgIpc) is 3.55. The Morgan fingerprint density at radius 3 is 2.62 bits per heavy atom. The molecular formula is C32H23FN6O. The molecule has 0 fully saturated rings. The average molecular weight is 527 g/mol. The highest BCUT2D eigenvalue weighted by Crippen LogP contribution is 2.38. The monoisotopic (exact) mass is 526 g/mol. The molecular weight excluding hydrogens is 503 g/mol. The number of rotatable bonds is 6. The Morgan fingerprint density at radius 2 is 1.77 bits per heavy atom. The molecule has 3 aromatic heterocycles. The van der Waals surface area contributed by atoms with Gasteiger partial charge in [-0.05, 0) is 60.7 Å². The Bertz CT molecular complexity index is 2060. The lowest BCUT2D eigenvalue weighted by molar-refractivity contribution is 0.100. The molecule has 1 amide bonds. The van der Waals surface area contributed by atoms with Crippen molar-refractivity contribution in [3.05, 3.63) is 120 Å². The van der Waals surface area contributed by atoms with E-state index in [4.69, 9.17) is 10.7 Å². The van der Waals surface area contributed by atoms with Crippen LogP contribution in [0, 0.1) is 5.82 Å². The van der Waals surface area contributed by atoms with Crippen LogP contribution < -0.4 is 11.1 Å².